The molecule has 31 heavy (non-hydrogen) atoms. The van der Waals surface area contributed by atoms with Gasteiger partial charge in [-0.15, -0.1) is 0 Å². The van der Waals surface area contributed by atoms with Gasteiger partial charge in [0.15, 0.2) is 0 Å². The summed E-state index contributed by atoms with van der Waals surface area (Å²) < 4.78 is 0. The lowest BCUT2D eigenvalue weighted by Crippen LogP contribution is -2.32. The van der Waals surface area contributed by atoms with E-state index in [4.69, 9.17) is 23.2 Å². The van der Waals surface area contributed by atoms with Gasteiger partial charge < -0.3 is 5.32 Å². The summed E-state index contributed by atoms with van der Waals surface area (Å²) in [5, 5.41) is 3.64. The number of nitrogens with one attached hydrogen (secondary N) is 1. The fourth-order valence-corrected chi connectivity index (χ4v) is 3.92. The summed E-state index contributed by atoms with van der Waals surface area (Å²) in [6, 6.07) is 18.2. The molecule has 0 atom stereocenters. The lowest BCUT2D eigenvalue weighted by molar-refractivity contribution is -0.120. The number of imide groups is 1. The van der Waals surface area contributed by atoms with Crippen molar-refractivity contribution in [1.82, 2.24) is 0 Å². The molecule has 3 aromatic carbocycles. The molecule has 0 aromatic heterocycles. The zero-order chi connectivity index (χ0) is 22.3. The minimum atomic E-state index is -0.481. The van der Waals surface area contributed by atoms with Crippen LogP contribution in [0.4, 0.5) is 11.4 Å². The molecule has 3 aromatic rings. The number of halogens is 2. The molecule has 0 unspecified atom stereocenters. The monoisotopic (exact) mass is 450 g/mol. The average Bonchev–Trinajstić information content (AvgIpc) is 2.98. The summed E-state index contributed by atoms with van der Waals surface area (Å²) in [5.74, 6) is -0.934. The van der Waals surface area contributed by atoms with E-state index in [0.29, 0.717) is 11.1 Å². The molecule has 1 heterocycles. The summed E-state index contributed by atoms with van der Waals surface area (Å²) >= 11 is 12.5. The second kappa shape index (κ2) is 8.22. The van der Waals surface area contributed by atoms with E-state index in [0.717, 1.165) is 27.3 Å². The molecule has 0 fully saturated rings. The van der Waals surface area contributed by atoms with Crippen molar-refractivity contribution < 1.29 is 9.59 Å². The van der Waals surface area contributed by atoms with Crippen LogP contribution >= 0.6 is 23.2 Å². The molecular weight excluding hydrogens is 431 g/mol. The Morgan fingerprint density at radius 2 is 1.48 bits per heavy atom. The maximum atomic E-state index is 13.5. The largest absolute Gasteiger partial charge is 0.350 e. The first-order valence-electron chi connectivity index (χ1n) is 9.77. The normalized spacial score (nSPS) is 13.9. The van der Waals surface area contributed by atoms with E-state index in [1.54, 1.807) is 18.2 Å². The molecule has 0 spiro atoms. The zero-order valence-electron chi connectivity index (χ0n) is 17.3. The third-order valence-corrected chi connectivity index (χ3v) is 6.27. The standard InChI is InChI=1S/C25H20Cl2N2O2/c1-14-10-12-17(13-11-14)21-23(28-19-8-4-6-15(2)16(19)3)25(31)29(24(21)30)20-9-5-7-18(26)22(20)27/h4-13,28H,1-3H3. The Morgan fingerprint density at radius 1 is 0.806 bits per heavy atom. The Balaban J connectivity index is 1.88. The van der Waals surface area contributed by atoms with Crippen molar-refractivity contribution in [2.24, 2.45) is 0 Å². The predicted molar refractivity (Wildman–Crippen MR) is 127 cm³/mol. The van der Waals surface area contributed by atoms with Gasteiger partial charge in [0.1, 0.15) is 5.70 Å². The lowest BCUT2D eigenvalue weighted by Gasteiger charge is -2.18. The fraction of sp³-hybridized carbons (Fsp3) is 0.120. The smallest absolute Gasteiger partial charge is 0.282 e. The molecule has 4 rings (SSSR count). The topological polar surface area (TPSA) is 49.4 Å². The SMILES string of the molecule is Cc1ccc(C2=C(Nc3cccc(C)c3C)C(=O)N(c3cccc(Cl)c3Cl)C2=O)cc1. The Bertz CT molecular complexity index is 1250. The highest BCUT2D eigenvalue weighted by molar-refractivity contribution is 6.50. The molecule has 2 amide bonds. The highest BCUT2D eigenvalue weighted by atomic mass is 35.5. The van der Waals surface area contributed by atoms with Crippen LogP contribution in [0.25, 0.3) is 5.57 Å². The third kappa shape index (κ3) is 3.73. The van der Waals surface area contributed by atoms with Crippen LogP contribution in [0.5, 0.6) is 0 Å². The van der Waals surface area contributed by atoms with Crippen molar-refractivity contribution in [2.75, 3.05) is 10.2 Å². The van der Waals surface area contributed by atoms with Crippen LogP contribution in [0.3, 0.4) is 0 Å². The van der Waals surface area contributed by atoms with Gasteiger partial charge in [-0.1, -0.05) is 71.2 Å². The second-order valence-electron chi connectivity index (χ2n) is 7.51. The van der Waals surface area contributed by atoms with E-state index in [1.807, 2.05) is 63.2 Å². The van der Waals surface area contributed by atoms with Crippen LogP contribution in [-0.2, 0) is 9.59 Å². The van der Waals surface area contributed by atoms with E-state index >= 15 is 0 Å². The second-order valence-corrected chi connectivity index (χ2v) is 8.29. The van der Waals surface area contributed by atoms with Crippen LogP contribution < -0.4 is 10.2 Å². The number of carbonyl (C=O) groups is 2. The summed E-state index contributed by atoms with van der Waals surface area (Å²) in [6.07, 6.45) is 0. The van der Waals surface area contributed by atoms with Crippen molar-refractivity contribution >= 4 is 52.0 Å². The van der Waals surface area contributed by atoms with Gasteiger partial charge in [-0.2, -0.15) is 0 Å². The quantitative estimate of drug-likeness (QED) is 0.473. The van der Waals surface area contributed by atoms with Crippen molar-refractivity contribution in [3.8, 4) is 0 Å². The summed E-state index contributed by atoms with van der Waals surface area (Å²) in [6.45, 7) is 5.93. The van der Waals surface area contributed by atoms with Crippen LogP contribution in [0.2, 0.25) is 10.0 Å². The van der Waals surface area contributed by atoms with Gasteiger partial charge in [0.05, 0.1) is 21.3 Å². The maximum Gasteiger partial charge on any atom is 0.282 e. The molecule has 156 valence electrons. The number of nitrogens with zero attached hydrogens (tertiary/aromatic N) is 1. The fourth-order valence-electron chi connectivity index (χ4n) is 3.54. The Hall–Kier alpha value is -3.08. The summed E-state index contributed by atoms with van der Waals surface area (Å²) in [5.41, 5.74) is 5.30. The number of amides is 2. The highest BCUT2D eigenvalue weighted by Crippen LogP contribution is 2.39. The Morgan fingerprint density at radius 3 is 2.19 bits per heavy atom. The molecule has 1 aliphatic rings. The molecule has 0 radical (unpaired) electrons. The molecular formula is C25H20Cl2N2O2. The van der Waals surface area contributed by atoms with E-state index in [1.165, 1.54) is 0 Å². The molecule has 1 aliphatic heterocycles. The number of rotatable bonds is 4. The lowest BCUT2D eigenvalue weighted by atomic mass is 10.0. The maximum absolute atomic E-state index is 13.5. The minimum Gasteiger partial charge on any atom is -0.350 e. The van der Waals surface area contributed by atoms with Crippen LogP contribution in [-0.4, -0.2) is 11.8 Å². The number of anilines is 2. The van der Waals surface area contributed by atoms with E-state index in [2.05, 4.69) is 5.32 Å². The first-order valence-corrected chi connectivity index (χ1v) is 10.5. The molecule has 6 heteroatoms. The molecule has 0 bridgehead atoms. The van der Waals surface area contributed by atoms with E-state index < -0.39 is 11.8 Å². The van der Waals surface area contributed by atoms with E-state index in [9.17, 15) is 9.59 Å². The van der Waals surface area contributed by atoms with Crippen LogP contribution in [0.1, 0.15) is 22.3 Å². The van der Waals surface area contributed by atoms with E-state index in [-0.39, 0.29) is 21.4 Å². The van der Waals surface area contributed by atoms with Gasteiger partial charge in [-0.3, -0.25) is 9.59 Å². The number of hydrogen-bond acceptors (Lipinski definition) is 3. The zero-order valence-corrected chi connectivity index (χ0v) is 18.8. The van der Waals surface area contributed by atoms with Crippen LogP contribution in [0, 0.1) is 20.8 Å². The number of aryl methyl sites for hydroxylation is 2. The Kier molecular flexibility index (Phi) is 5.61. The van der Waals surface area contributed by atoms with Crippen molar-refractivity contribution in [1.29, 1.82) is 0 Å². The highest BCUT2D eigenvalue weighted by Gasteiger charge is 2.41. The Labute approximate surface area is 191 Å². The number of hydrogen-bond donors (Lipinski definition) is 1. The summed E-state index contributed by atoms with van der Waals surface area (Å²) in [4.78, 5) is 28.1. The molecule has 4 nitrogen and oxygen atoms in total. The molecule has 1 N–H and O–H groups in total. The molecule has 0 saturated heterocycles. The summed E-state index contributed by atoms with van der Waals surface area (Å²) in [7, 11) is 0. The number of carbonyl (C=O) groups excluding carboxylic acids is 2. The van der Waals surface area contributed by atoms with Gasteiger partial charge in [0.2, 0.25) is 0 Å². The van der Waals surface area contributed by atoms with Gasteiger partial charge >= 0.3 is 0 Å². The first kappa shape index (κ1) is 21.2. The average molecular weight is 451 g/mol. The van der Waals surface area contributed by atoms with Crippen molar-refractivity contribution in [3.05, 3.63) is 98.7 Å². The molecule has 0 saturated carbocycles. The van der Waals surface area contributed by atoms with Gasteiger partial charge in [-0.25, -0.2) is 4.90 Å². The molecule has 0 aliphatic carbocycles. The van der Waals surface area contributed by atoms with Crippen molar-refractivity contribution in [3.63, 3.8) is 0 Å². The van der Waals surface area contributed by atoms with Crippen LogP contribution in [0.15, 0.2) is 66.4 Å². The van der Waals surface area contributed by atoms with Gasteiger partial charge in [-0.05, 0) is 55.7 Å². The number of benzene rings is 3. The van der Waals surface area contributed by atoms with Gasteiger partial charge in [0, 0.05) is 5.69 Å². The predicted octanol–water partition coefficient (Wildman–Crippen LogP) is 6.32. The van der Waals surface area contributed by atoms with Gasteiger partial charge in [0.25, 0.3) is 11.8 Å². The van der Waals surface area contributed by atoms with Crippen molar-refractivity contribution in [2.45, 2.75) is 20.8 Å². The third-order valence-electron chi connectivity index (χ3n) is 5.46. The first-order chi connectivity index (χ1) is 14.8. The minimum absolute atomic E-state index is 0.155.